The van der Waals surface area contributed by atoms with Crippen molar-refractivity contribution in [3.63, 3.8) is 0 Å². The molecule has 1 fully saturated rings. The molecule has 0 bridgehead atoms. The van der Waals surface area contributed by atoms with Crippen molar-refractivity contribution in [2.45, 2.75) is 20.3 Å². The van der Waals surface area contributed by atoms with E-state index in [1.807, 2.05) is 25.8 Å². The first-order valence-electron chi connectivity index (χ1n) is 6.72. The quantitative estimate of drug-likeness (QED) is 0.816. The molecule has 1 aliphatic rings. The fourth-order valence-electron chi connectivity index (χ4n) is 1.83. The highest BCUT2D eigenvalue weighted by Gasteiger charge is 2.19. The van der Waals surface area contributed by atoms with Gasteiger partial charge in [-0.1, -0.05) is 13.8 Å². The number of nitrogens with zero attached hydrogens (tertiary/aromatic N) is 3. The van der Waals surface area contributed by atoms with Crippen molar-refractivity contribution in [1.82, 2.24) is 14.8 Å². The molecular weight excluding hydrogens is 245 g/mol. The zero-order chi connectivity index (χ0) is 14.3. The molecule has 2 heterocycles. The molecule has 1 aliphatic heterocycles. The first kappa shape index (κ1) is 15.6. The number of halogens is 1. The molecule has 0 saturated carbocycles. The number of hydrogen-bond donors (Lipinski definition) is 0. The predicted molar refractivity (Wildman–Crippen MR) is 73.3 cm³/mol. The van der Waals surface area contributed by atoms with Gasteiger partial charge in [0, 0.05) is 31.9 Å². The zero-order valence-corrected chi connectivity index (χ0v) is 11.9. The van der Waals surface area contributed by atoms with Crippen LogP contribution in [0.1, 0.15) is 19.5 Å². The summed E-state index contributed by atoms with van der Waals surface area (Å²) in [7, 11) is 2.04. The summed E-state index contributed by atoms with van der Waals surface area (Å²) >= 11 is 0. The highest BCUT2D eigenvalue weighted by Crippen LogP contribution is 2.05. The van der Waals surface area contributed by atoms with Gasteiger partial charge in [0.25, 0.3) is 0 Å². The van der Waals surface area contributed by atoms with E-state index in [9.17, 15) is 9.18 Å². The summed E-state index contributed by atoms with van der Waals surface area (Å²) < 4.78 is 12.7. The first-order valence-corrected chi connectivity index (χ1v) is 6.72. The fourth-order valence-corrected chi connectivity index (χ4v) is 1.83. The topological polar surface area (TPSA) is 36.4 Å². The summed E-state index contributed by atoms with van der Waals surface area (Å²) in [5.74, 6) is -0.307. The van der Waals surface area contributed by atoms with Crippen molar-refractivity contribution in [3.8, 4) is 0 Å². The van der Waals surface area contributed by atoms with Crippen LogP contribution < -0.4 is 0 Å². The second kappa shape index (κ2) is 7.84. The maximum absolute atomic E-state index is 12.7. The van der Waals surface area contributed by atoms with E-state index in [1.165, 1.54) is 6.07 Å². The molecule has 0 unspecified atom stereocenters. The number of likely N-dealkylation sites (N-methyl/N-ethyl adjacent to an activating group) is 1. The number of aromatic nitrogens is 1. The summed E-state index contributed by atoms with van der Waals surface area (Å²) in [6.07, 6.45) is 1.40. The molecular formula is C14H22FN3O. The third kappa shape index (κ3) is 4.95. The lowest BCUT2D eigenvalue weighted by atomic mass is 10.2. The Bertz CT molecular complexity index is 386. The molecule has 4 nitrogen and oxygen atoms in total. The number of carbonyl (C=O) groups is 1. The largest absolute Gasteiger partial charge is 0.340 e. The number of carbonyl (C=O) groups excluding carboxylic acids is 1. The average Bonchev–Trinajstić information content (AvgIpc) is 2.44. The van der Waals surface area contributed by atoms with Crippen molar-refractivity contribution >= 4 is 5.91 Å². The Labute approximate surface area is 114 Å². The molecule has 19 heavy (non-hydrogen) atoms. The Kier molecular flexibility index (Phi) is 6.42. The number of piperazine rings is 1. The van der Waals surface area contributed by atoms with Gasteiger partial charge in [-0.3, -0.25) is 9.78 Å². The highest BCUT2D eigenvalue weighted by atomic mass is 19.1. The third-order valence-corrected chi connectivity index (χ3v) is 2.98. The van der Waals surface area contributed by atoms with Gasteiger partial charge in [0.2, 0.25) is 5.91 Å². The second-order valence-corrected chi connectivity index (χ2v) is 4.33. The minimum atomic E-state index is -0.374. The lowest BCUT2D eigenvalue weighted by Crippen LogP contribution is -2.47. The van der Waals surface area contributed by atoms with Crippen LogP contribution in [0.15, 0.2) is 18.3 Å². The maximum Gasteiger partial charge on any atom is 0.228 e. The van der Waals surface area contributed by atoms with Crippen molar-refractivity contribution in [2.75, 3.05) is 33.2 Å². The minimum absolute atomic E-state index is 0.0669. The number of hydrogen-bond acceptors (Lipinski definition) is 3. The van der Waals surface area contributed by atoms with Gasteiger partial charge >= 0.3 is 0 Å². The molecule has 1 aromatic heterocycles. The van der Waals surface area contributed by atoms with Crippen LogP contribution in [0, 0.1) is 5.82 Å². The van der Waals surface area contributed by atoms with E-state index in [0.717, 1.165) is 32.4 Å². The van der Waals surface area contributed by atoms with E-state index in [-0.39, 0.29) is 18.1 Å². The summed E-state index contributed by atoms with van der Waals surface area (Å²) in [4.78, 5) is 19.9. The van der Waals surface area contributed by atoms with Crippen LogP contribution in [0.5, 0.6) is 0 Å². The van der Waals surface area contributed by atoms with Gasteiger partial charge in [-0.05, 0) is 19.2 Å². The first-order chi connectivity index (χ1) is 9.15. The third-order valence-electron chi connectivity index (χ3n) is 2.98. The Balaban J connectivity index is 0.000000861. The maximum atomic E-state index is 12.7. The second-order valence-electron chi connectivity index (χ2n) is 4.33. The molecule has 0 spiro atoms. The van der Waals surface area contributed by atoms with E-state index in [0.29, 0.717) is 5.69 Å². The van der Waals surface area contributed by atoms with Gasteiger partial charge in [0.1, 0.15) is 5.82 Å². The van der Waals surface area contributed by atoms with Crippen LogP contribution in [0.25, 0.3) is 0 Å². The van der Waals surface area contributed by atoms with E-state index < -0.39 is 0 Å². The normalized spacial score (nSPS) is 15.7. The molecule has 1 amide bonds. The zero-order valence-electron chi connectivity index (χ0n) is 11.9. The summed E-state index contributed by atoms with van der Waals surface area (Å²) in [6, 6.07) is 2.89. The van der Waals surface area contributed by atoms with Gasteiger partial charge in [0.05, 0.1) is 12.6 Å². The Morgan fingerprint density at radius 1 is 1.26 bits per heavy atom. The summed E-state index contributed by atoms with van der Waals surface area (Å²) in [5, 5.41) is 0. The summed E-state index contributed by atoms with van der Waals surface area (Å²) in [5.41, 5.74) is 0.621. The molecule has 0 atom stereocenters. The lowest BCUT2D eigenvalue weighted by molar-refractivity contribution is -0.132. The van der Waals surface area contributed by atoms with Gasteiger partial charge in [-0.25, -0.2) is 4.39 Å². The monoisotopic (exact) mass is 267 g/mol. The van der Waals surface area contributed by atoms with Gasteiger partial charge in [-0.2, -0.15) is 0 Å². The molecule has 0 aliphatic carbocycles. The van der Waals surface area contributed by atoms with Crippen molar-refractivity contribution in [2.24, 2.45) is 0 Å². The van der Waals surface area contributed by atoms with E-state index >= 15 is 0 Å². The van der Waals surface area contributed by atoms with Crippen molar-refractivity contribution < 1.29 is 9.18 Å². The highest BCUT2D eigenvalue weighted by molar-refractivity contribution is 5.78. The van der Waals surface area contributed by atoms with Crippen LogP contribution in [0.4, 0.5) is 4.39 Å². The van der Waals surface area contributed by atoms with Crippen LogP contribution in [0.3, 0.4) is 0 Å². The number of rotatable bonds is 2. The minimum Gasteiger partial charge on any atom is -0.340 e. The lowest BCUT2D eigenvalue weighted by Gasteiger charge is -2.32. The van der Waals surface area contributed by atoms with Crippen molar-refractivity contribution in [3.05, 3.63) is 29.8 Å². The van der Waals surface area contributed by atoms with E-state index in [2.05, 4.69) is 9.88 Å². The average molecular weight is 267 g/mol. The smallest absolute Gasteiger partial charge is 0.228 e. The van der Waals surface area contributed by atoms with E-state index in [4.69, 9.17) is 0 Å². The molecule has 1 aromatic rings. The molecule has 106 valence electrons. The summed E-state index contributed by atoms with van der Waals surface area (Å²) in [6.45, 7) is 7.33. The molecule has 5 heteroatoms. The Morgan fingerprint density at radius 2 is 1.89 bits per heavy atom. The fraction of sp³-hybridized carbons (Fsp3) is 0.571. The number of amides is 1. The number of pyridine rings is 1. The Hall–Kier alpha value is -1.49. The van der Waals surface area contributed by atoms with Gasteiger partial charge in [-0.15, -0.1) is 0 Å². The molecule has 0 N–H and O–H groups in total. The molecule has 0 aromatic carbocycles. The van der Waals surface area contributed by atoms with Crippen LogP contribution in [-0.4, -0.2) is 53.9 Å². The van der Waals surface area contributed by atoms with Gasteiger partial charge in [0.15, 0.2) is 0 Å². The van der Waals surface area contributed by atoms with E-state index in [1.54, 1.807) is 6.07 Å². The molecule has 1 saturated heterocycles. The molecule has 0 radical (unpaired) electrons. The predicted octanol–water partition coefficient (Wildman–Crippen LogP) is 1.56. The standard InChI is InChI=1S/C12H16FN3O.C2H6/c1-15-4-6-16(7-5-15)12(17)8-11-3-2-10(13)9-14-11;1-2/h2-3,9H,4-8H2,1H3;1-2H3. The van der Waals surface area contributed by atoms with Crippen LogP contribution >= 0.6 is 0 Å². The van der Waals surface area contributed by atoms with Crippen LogP contribution in [0.2, 0.25) is 0 Å². The molecule has 2 rings (SSSR count). The van der Waals surface area contributed by atoms with Crippen molar-refractivity contribution in [1.29, 1.82) is 0 Å². The van der Waals surface area contributed by atoms with Gasteiger partial charge < -0.3 is 9.80 Å². The van der Waals surface area contributed by atoms with Crippen LogP contribution in [-0.2, 0) is 11.2 Å². The SMILES string of the molecule is CC.CN1CCN(C(=O)Cc2ccc(F)cn2)CC1. The Morgan fingerprint density at radius 3 is 2.42 bits per heavy atom.